The lowest BCUT2D eigenvalue weighted by molar-refractivity contribution is -0.123. The van der Waals surface area contributed by atoms with Crippen molar-refractivity contribution in [2.75, 3.05) is 67.5 Å². The summed E-state index contributed by atoms with van der Waals surface area (Å²) in [6.45, 7) is 6.89. The second kappa shape index (κ2) is 16.8. The molecule has 17 nitrogen and oxygen atoms in total. The van der Waals surface area contributed by atoms with Crippen LogP contribution in [0.1, 0.15) is 79.8 Å². The SMILES string of the molecule is O=C1CCN(N2C(=O)c3ccc(N4CCC(CN5CCN(c6ccc(-c7cc(F)c8c(c7)C(=O)N(C(C(=O)Nc7nccs7)c7ncn9c7CCC9)C8)cc6)CC5)CC4)cc3C2=O)C(=O)N1. The van der Waals surface area contributed by atoms with E-state index in [1.807, 2.05) is 34.9 Å². The predicted molar refractivity (Wildman–Crippen MR) is 241 cm³/mol. The van der Waals surface area contributed by atoms with Crippen LogP contribution in [0.3, 0.4) is 0 Å². The van der Waals surface area contributed by atoms with Gasteiger partial charge in [-0.15, -0.1) is 11.3 Å². The third-order valence-electron chi connectivity index (χ3n) is 13.8. The minimum atomic E-state index is -1.05. The Labute approximate surface area is 382 Å². The van der Waals surface area contributed by atoms with Crippen molar-refractivity contribution in [1.82, 2.24) is 39.7 Å². The molecule has 6 aliphatic rings. The number of hydrogen-bond acceptors (Lipinski definition) is 12. The summed E-state index contributed by atoms with van der Waals surface area (Å²) in [6.07, 6.45) is 6.95. The average molecular weight is 912 g/mol. The van der Waals surface area contributed by atoms with Crippen molar-refractivity contribution in [3.05, 3.63) is 112 Å². The molecular weight excluding hydrogens is 866 g/mol. The number of imide groups is 2. The highest BCUT2D eigenvalue weighted by atomic mass is 32.1. The molecule has 2 aromatic heterocycles. The number of carbonyl (C=O) groups is 6. The van der Waals surface area contributed by atoms with Gasteiger partial charge in [0, 0.05) is 98.6 Å². The lowest BCUT2D eigenvalue weighted by Gasteiger charge is -2.40. The van der Waals surface area contributed by atoms with Crippen LogP contribution >= 0.6 is 11.3 Å². The van der Waals surface area contributed by atoms with Crippen LogP contribution in [0.25, 0.3) is 11.1 Å². The Morgan fingerprint density at radius 3 is 2.30 bits per heavy atom. The molecule has 2 N–H and O–H groups in total. The van der Waals surface area contributed by atoms with Crippen LogP contribution in [0.4, 0.5) is 25.7 Å². The Hall–Kier alpha value is -6.99. The molecule has 19 heteroatoms. The Kier molecular flexibility index (Phi) is 10.6. The summed E-state index contributed by atoms with van der Waals surface area (Å²) in [7, 11) is 0. The van der Waals surface area contributed by atoms with Gasteiger partial charge in [-0.2, -0.15) is 5.01 Å². The molecule has 3 saturated heterocycles. The molecule has 3 aromatic carbocycles. The number of amides is 7. The van der Waals surface area contributed by atoms with Gasteiger partial charge in [-0.3, -0.25) is 39.5 Å². The maximum Gasteiger partial charge on any atom is 0.343 e. The summed E-state index contributed by atoms with van der Waals surface area (Å²) in [5, 5.41) is 9.03. The summed E-state index contributed by atoms with van der Waals surface area (Å²) >= 11 is 1.28. The zero-order valence-electron chi connectivity index (χ0n) is 36.0. The smallest absolute Gasteiger partial charge is 0.343 e. The van der Waals surface area contributed by atoms with Gasteiger partial charge in [0.15, 0.2) is 11.2 Å². The molecular formula is C47H46FN11O6S. The van der Waals surface area contributed by atoms with Gasteiger partial charge >= 0.3 is 6.03 Å². The molecule has 1 unspecified atom stereocenters. The molecule has 0 spiro atoms. The molecule has 1 atom stereocenters. The minimum absolute atomic E-state index is 0.00775. The fourth-order valence-corrected chi connectivity index (χ4v) is 10.9. The van der Waals surface area contributed by atoms with Gasteiger partial charge < -0.3 is 19.3 Å². The molecule has 0 aliphatic carbocycles. The van der Waals surface area contributed by atoms with Crippen LogP contribution in [-0.4, -0.2) is 122 Å². The number of urea groups is 1. The van der Waals surface area contributed by atoms with Crippen molar-refractivity contribution in [2.24, 2.45) is 5.92 Å². The number of anilines is 3. The first kappa shape index (κ1) is 41.7. The van der Waals surface area contributed by atoms with Crippen LogP contribution in [0.2, 0.25) is 0 Å². The normalized spacial score (nSPS) is 19.4. The first-order chi connectivity index (χ1) is 32.1. The third kappa shape index (κ3) is 7.44. The Morgan fingerprint density at radius 1 is 0.788 bits per heavy atom. The quantitative estimate of drug-likeness (QED) is 0.182. The number of benzene rings is 3. The number of rotatable bonds is 10. The largest absolute Gasteiger partial charge is 0.371 e. The van der Waals surface area contributed by atoms with E-state index in [1.54, 1.807) is 36.1 Å². The molecule has 5 aromatic rings. The molecule has 6 aliphatic heterocycles. The summed E-state index contributed by atoms with van der Waals surface area (Å²) < 4.78 is 18.0. The van der Waals surface area contributed by atoms with E-state index in [1.165, 1.54) is 22.3 Å². The van der Waals surface area contributed by atoms with E-state index in [9.17, 15) is 28.8 Å². The highest BCUT2D eigenvalue weighted by Gasteiger charge is 2.44. The number of nitrogens with zero attached hydrogens (tertiary/aromatic N) is 9. The van der Waals surface area contributed by atoms with Gasteiger partial charge in [0.2, 0.25) is 5.91 Å². The highest BCUT2D eigenvalue weighted by Crippen LogP contribution is 2.39. The van der Waals surface area contributed by atoms with Crippen molar-refractivity contribution in [1.29, 1.82) is 0 Å². The van der Waals surface area contributed by atoms with Crippen LogP contribution in [0, 0.1) is 11.7 Å². The standard InChI is InChI=1S/C47H46FN11O6S/c48-37-23-30(22-34-36(37)26-57(43(34)62)41(42(61)52-46-49-12-21-66-46)40-38-2-1-13-56(38)27-50-40)29-3-5-31(6-4-29)55-19-17-53(18-20-55)25-28-9-14-54(15-10-28)32-7-8-33-35(24-32)45(64)59(44(33)63)58-16-11-39(60)51-47(58)65/h3-8,12,21-24,27-28,41H,1-2,9-11,13-20,25-26H2,(H,49,52,61)(H,51,60,65). The fraction of sp³-hybridized carbons (Fsp3) is 0.362. The van der Waals surface area contributed by atoms with Gasteiger partial charge in [-0.05, 0) is 85.2 Å². The van der Waals surface area contributed by atoms with Crippen LogP contribution < -0.4 is 20.4 Å². The maximum absolute atomic E-state index is 16.0. The van der Waals surface area contributed by atoms with E-state index in [0.29, 0.717) is 22.3 Å². The number of thiazole rings is 1. The van der Waals surface area contributed by atoms with E-state index < -0.39 is 47.4 Å². The molecule has 7 amide bonds. The van der Waals surface area contributed by atoms with Gasteiger partial charge in [-0.1, -0.05) is 12.1 Å². The zero-order chi connectivity index (χ0) is 45.2. The van der Waals surface area contributed by atoms with Gasteiger partial charge in [0.25, 0.3) is 23.6 Å². The average Bonchev–Trinajstić information content (AvgIpc) is 4.18. The van der Waals surface area contributed by atoms with Crippen molar-refractivity contribution in [3.63, 3.8) is 0 Å². The van der Waals surface area contributed by atoms with E-state index in [2.05, 4.69) is 35.3 Å². The first-order valence-electron chi connectivity index (χ1n) is 22.4. The number of halogens is 1. The van der Waals surface area contributed by atoms with Gasteiger partial charge in [0.1, 0.15) is 5.82 Å². The van der Waals surface area contributed by atoms with Crippen molar-refractivity contribution < 1.29 is 33.2 Å². The topological polar surface area (TPSA) is 177 Å². The first-order valence-corrected chi connectivity index (χ1v) is 23.3. The second-order valence-electron chi connectivity index (χ2n) is 17.7. The van der Waals surface area contributed by atoms with Crippen molar-refractivity contribution in [3.8, 4) is 11.1 Å². The number of fused-ring (bicyclic) bond motifs is 3. The molecule has 0 bridgehead atoms. The number of hydrazine groups is 1. The number of aromatic nitrogens is 3. The maximum atomic E-state index is 16.0. The van der Waals surface area contributed by atoms with Crippen molar-refractivity contribution >= 4 is 63.4 Å². The molecule has 8 heterocycles. The second-order valence-corrected chi connectivity index (χ2v) is 18.6. The summed E-state index contributed by atoms with van der Waals surface area (Å²) in [6, 6.07) is 14.6. The van der Waals surface area contributed by atoms with Gasteiger partial charge in [-0.25, -0.2) is 24.2 Å². The number of nitrogens with one attached hydrogen (secondary N) is 2. The number of piperazine rings is 1. The number of hydrogen-bond donors (Lipinski definition) is 2. The minimum Gasteiger partial charge on any atom is -0.371 e. The lowest BCUT2D eigenvalue weighted by atomic mass is 9.95. The lowest BCUT2D eigenvalue weighted by Crippen LogP contribution is -2.58. The summed E-state index contributed by atoms with van der Waals surface area (Å²) in [4.78, 5) is 95.9. The molecule has 11 rings (SSSR count). The van der Waals surface area contributed by atoms with Crippen molar-refractivity contribution in [2.45, 2.75) is 51.2 Å². The van der Waals surface area contributed by atoms with Crippen LogP contribution in [0.15, 0.2) is 72.5 Å². The third-order valence-corrected chi connectivity index (χ3v) is 14.5. The summed E-state index contributed by atoms with van der Waals surface area (Å²) in [5.41, 5.74) is 5.75. The van der Waals surface area contributed by atoms with E-state index in [-0.39, 0.29) is 41.8 Å². The Bertz CT molecular complexity index is 2800. The number of imidazole rings is 1. The van der Waals surface area contributed by atoms with Crippen LogP contribution in [-0.2, 0) is 29.1 Å². The molecule has 338 valence electrons. The molecule has 0 saturated carbocycles. The summed E-state index contributed by atoms with van der Waals surface area (Å²) in [5.74, 6) is -2.41. The van der Waals surface area contributed by atoms with E-state index >= 15 is 4.39 Å². The zero-order valence-corrected chi connectivity index (χ0v) is 36.8. The Balaban J connectivity index is 0.692. The highest BCUT2D eigenvalue weighted by molar-refractivity contribution is 7.13. The van der Waals surface area contributed by atoms with Gasteiger partial charge in [0.05, 0.1) is 36.2 Å². The predicted octanol–water partition coefficient (Wildman–Crippen LogP) is 4.92. The molecule has 0 radical (unpaired) electrons. The van der Waals surface area contributed by atoms with Crippen LogP contribution in [0.5, 0.6) is 0 Å². The molecule has 3 fully saturated rings. The van der Waals surface area contributed by atoms with E-state index in [0.717, 1.165) is 111 Å². The number of piperidine rings is 1. The fourth-order valence-electron chi connectivity index (χ4n) is 10.3. The van der Waals surface area contributed by atoms with E-state index in [4.69, 9.17) is 0 Å². The number of aryl methyl sites for hydroxylation is 1. The monoisotopic (exact) mass is 911 g/mol. The molecule has 66 heavy (non-hydrogen) atoms. The Morgan fingerprint density at radius 2 is 1.55 bits per heavy atom. The number of carbonyl (C=O) groups excluding carboxylic acids is 6.